The van der Waals surface area contributed by atoms with E-state index < -0.39 is 30.0 Å². The Kier molecular flexibility index (Phi) is 7.64. The van der Waals surface area contributed by atoms with Crippen molar-refractivity contribution in [3.05, 3.63) is 52.4 Å². The third-order valence-corrected chi connectivity index (χ3v) is 8.32. The first-order chi connectivity index (χ1) is 20.6. The molecular formula is C27H28F3N9O3S. The zero-order chi connectivity index (χ0) is 30.3. The van der Waals surface area contributed by atoms with E-state index in [4.69, 9.17) is 10.5 Å². The number of nitrogens with zero attached hydrogens (tertiary/aromatic N) is 7. The largest absolute Gasteiger partial charge is 0.480 e. The minimum Gasteiger partial charge on any atom is -0.480 e. The number of rotatable bonds is 7. The number of piperidine rings is 1. The molecule has 16 heteroatoms. The third-order valence-electron chi connectivity index (χ3n) is 7.73. The summed E-state index contributed by atoms with van der Waals surface area (Å²) in [5.74, 6) is -3.48. The van der Waals surface area contributed by atoms with E-state index in [0.717, 1.165) is 5.56 Å². The number of anilines is 1. The number of carbonyl (C=O) groups is 2. The zero-order valence-corrected chi connectivity index (χ0v) is 23.9. The molecule has 3 N–H and O–H groups in total. The number of likely N-dealkylation sites (tertiary alicyclic amines) is 2. The number of amides is 2. The van der Waals surface area contributed by atoms with Crippen molar-refractivity contribution in [2.75, 3.05) is 39.0 Å². The molecule has 226 valence electrons. The fourth-order valence-corrected chi connectivity index (χ4v) is 5.99. The smallest absolute Gasteiger partial charge is 0.273 e. The number of carbonyl (C=O) groups excluding carboxylic acids is 2. The van der Waals surface area contributed by atoms with Crippen molar-refractivity contribution in [1.29, 1.82) is 0 Å². The first-order valence-electron chi connectivity index (χ1n) is 13.5. The van der Waals surface area contributed by atoms with Crippen LogP contribution in [0.3, 0.4) is 0 Å². The topological polar surface area (TPSA) is 144 Å². The number of halogens is 3. The number of methoxy groups -OCH3 is 1. The zero-order valence-electron chi connectivity index (χ0n) is 23.0. The highest BCUT2D eigenvalue weighted by molar-refractivity contribution is 7.07. The number of nitrogen functional groups attached to an aromatic ring is 1. The number of hydrogen-bond donors (Lipinski definition) is 2. The minimum atomic E-state index is -2.67. The van der Waals surface area contributed by atoms with Gasteiger partial charge in [-0.1, -0.05) is 0 Å². The van der Waals surface area contributed by atoms with Crippen LogP contribution in [0.4, 0.5) is 19.0 Å². The van der Waals surface area contributed by atoms with E-state index in [2.05, 4.69) is 25.4 Å². The molecule has 4 aromatic rings. The van der Waals surface area contributed by atoms with Gasteiger partial charge >= 0.3 is 0 Å². The normalized spacial score (nSPS) is 20.4. The number of thiazole rings is 1. The lowest BCUT2D eigenvalue weighted by Gasteiger charge is -2.31. The lowest BCUT2D eigenvalue weighted by atomic mass is 10.1. The van der Waals surface area contributed by atoms with E-state index in [-0.39, 0.29) is 62.0 Å². The maximum absolute atomic E-state index is 14.9. The summed E-state index contributed by atoms with van der Waals surface area (Å²) in [6, 6.07) is 2.41. The summed E-state index contributed by atoms with van der Waals surface area (Å²) in [6.07, 6.45) is 0.858. The molecule has 2 aliphatic rings. The molecule has 0 aliphatic carbocycles. The Morgan fingerprint density at radius 1 is 1.19 bits per heavy atom. The number of alkyl halides is 3. The van der Waals surface area contributed by atoms with Crippen LogP contribution in [0.5, 0.6) is 5.88 Å². The number of aromatic nitrogens is 5. The second kappa shape index (κ2) is 11.4. The summed E-state index contributed by atoms with van der Waals surface area (Å²) in [4.78, 5) is 41.7. The number of ether oxygens (including phenoxy) is 1. The van der Waals surface area contributed by atoms with Crippen LogP contribution in [0.2, 0.25) is 0 Å². The molecule has 2 fully saturated rings. The van der Waals surface area contributed by atoms with E-state index in [1.54, 1.807) is 16.0 Å². The quantitative estimate of drug-likeness (QED) is 0.321. The fraction of sp³-hybridized carbons (Fsp3) is 0.407. The lowest BCUT2D eigenvalue weighted by molar-refractivity contribution is -0.0565. The van der Waals surface area contributed by atoms with Gasteiger partial charge in [0.25, 0.3) is 17.7 Å². The van der Waals surface area contributed by atoms with Gasteiger partial charge < -0.3 is 20.7 Å². The van der Waals surface area contributed by atoms with Crippen LogP contribution in [-0.2, 0) is 6.54 Å². The molecule has 6 rings (SSSR count). The Balaban J connectivity index is 1.26. The van der Waals surface area contributed by atoms with E-state index >= 15 is 0 Å². The Hall–Kier alpha value is -4.31. The summed E-state index contributed by atoms with van der Waals surface area (Å²) >= 11 is 1.26. The van der Waals surface area contributed by atoms with Crippen LogP contribution in [0.25, 0.3) is 16.8 Å². The summed E-state index contributed by atoms with van der Waals surface area (Å²) in [5, 5.41) is 8.61. The summed E-state index contributed by atoms with van der Waals surface area (Å²) in [6.45, 7) is 0.607. The van der Waals surface area contributed by atoms with Crippen LogP contribution in [0.1, 0.15) is 39.3 Å². The van der Waals surface area contributed by atoms with Crippen LogP contribution in [0, 0.1) is 0 Å². The van der Waals surface area contributed by atoms with Gasteiger partial charge in [0.1, 0.15) is 29.3 Å². The van der Waals surface area contributed by atoms with Crippen molar-refractivity contribution in [3.63, 3.8) is 0 Å². The summed E-state index contributed by atoms with van der Waals surface area (Å²) < 4.78 is 49.3. The molecule has 2 atom stereocenters. The first-order valence-corrected chi connectivity index (χ1v) is 14.5. The van der Waals surface area contributed by atoms with Crippen molar-refractivity contribution >= 4 is 34.5 Å². The molecule has 4 aromatic heterocycles. The molecule has 0 radical (unpaired) electrons. The van der Waals surface area contributed by atoms with E-state index in [1.165, 1.54) is 41.4 Å². The molecule has 0 aromatic carbocycles. The molecule has 0 bridgehead atoms. The molecule has 43 heavy (non-hydrogen) atoms. The molecule has 0 spiro atoms. The van der Waals surface area contributed by atoms with E-state index in [0.29, 0.717) is 23.3 Å². The van der Waals surface area contributed by atoms with E-state index in [1.807, 2.05) is 11.0 Å². The van der Waals surface area contributed by atoms with Gasteiger partial charge in [-0.15, -0.1) is 11.3 Å². The average Bonchev–Trinajstić information content (AvgIpc) is 3.74. The number of fused-ring (bicyclic) bond motifs is 1. The number of hydrogen-bond acceptors (Lipinski definition) is 10. The van der Waals surface area contributed by atoms with Crippen molar-refractivity contribution in [1.82, 2.24) is 39.7 Å². The van der Waals surface area contributed by atoms with Gasteiger partial charge in [-0.3, -0.25) is 14.5 Å². The van der Waals surface area contributed by atoms with Crippen LogP contribution < -0.4 is 15.8 Å². The van der Waals surface area contributed by atoms with Crippen LogP contribution >= 0.6 is 11.3 Å². The van der Waals surface area contributed by atoms with Gasteiger partial charge in [0, 0.05) is 56.2 Å². The predicted octanol–water partition coefficient (Wildman–Crippen LogP) is 2.66. The van der Waals surface area contributed by atoms with Gasteiger partial charge in [0.2, 0.25) is 5.88 Å². The van der Waals surface area contributed by atoms with E-state index in [9.17, 15) is 22.8 Å². The maximum atomic E-state index is 14.9. The standard InChI is InChI=1S/C27H28F3N9O3S/c1-42-25-17(24(40)36-19-11-38(10-18(19)28)26(41)20-12-43-14-34-20)6-15(8-32-25)21-7-16(22-23(31)33-13-35-39(21)22)9-37-4-2-27(29,30)3-5-37/h6-8,12-14,18-19H,2-5,9-11H2,1H3,(H,36,40)(H2,31,33,35)/t18-,19+/m0/s1. The van der Waals surface area contributed by atoms with Gasteiger partial charge in [-0.25, -0.2) is 32.6 Å². The Morgan fingerprint density at radius 3 is 2.70 bits per heavy atom. The molecule has 0 saturated carbocycles. The highest BCUT2D eigenvalue weighted by Crippen LogP contribution is 2.33. The van der Waals surface area contributed by atoms with Gasteiger partial charge in [0.05, 0.1) is 30.9 Å². The summed E-state index contributed by atoms with van der Waals surface area (Å²) in [5.41, 5.74) is 10.3. The molecule has 2 amide bonds. The number of nitrogens with two attached hydrogens (primary N) is 1. The molecule has 12 nitrogen and oxygen atoms in total. The highest BCUT2D eigenvalue weighted by atomic mass is 32.1. The predicted molar refractivity (Wildman–Crippen MR) is 151 cm³/mol. The van der Waals surface area contributed by atoms with Gasteiger partial charge in [0.15, 0.2) is 5.82 Å². The van der Waals surface area contributed by atoms with Gasteiger partial charge in [-0.05, 0) is 17.7 Å². The number of nitrogens with one attached hydrogen (secondary N) is 1. The third kappa shape index (κ3) is 5.71. The van der Waals surface area contributed by atoms with Crippen molar-refractivity contribution in [3.8, 4) is 17.1 Å². The SMILES string of the molecule is COc1ncc(-c2cc(CN3CCC(F)(F)CC3)c3c(N)ncnn23)cc1C(=O)N[C@@H]1CN(C(=O)c2cscn2)C[C@@H]1F. The monoisotopic (exact) mass is 615 g/mol. The molecule has 0 unspecified atom stereocenters. The molecule has 2 aliphatic heterocycles. The second-order valence-electron chi connectivity index (χ2n) is 10.6. The van der Waals surface area contributed by atoms with Crippen molar-refractivity contribution in [2.45, 2.75) is 37.5 Å². The second-order valence-corrected chi connectivity index (χ2v) is 11.3. The van der Waals surface area contributed by atoms with Crippen molar-refractivity contribution < 1.29 is 27.5 Å². The fourth-order valence-electron chi connectivity index (χ4n) is 5.46. The van der Waals surface area contributed by atoms with Gasteiger partial charge in [-0.2, -0.15) is 5.10 Å². The molecule has 2 saturated heterocycles. The Labute approximate surface area is 247 Å². The number of pyridine rings is 1. The molecular weight excluding hydrogens is 587 g/mol. The lowest BCUT2D eigenvalue weighted by Crippen LogP contribution is -2.42. The van der Waals surface area contributed by atoms with Crippen LogP contribution in [0.15, 0.2) is 35.5 Å². The van der Waals surface area contributed by atoms with Crippen molar-refractivity contribution in [2.24, 2.45) is 0 Å². The molecule has 6 heterocycles. The summed E-state index contributed by atoms with van der Waals surface area (Å²) in [7, 11) is 1.36. The average molecular weight is 616 g/mol. The first kappa shape index (κ1) is 28.8. The maximum Gasteiger partial charge on any atom is 0.273 e. The highest BCUT2D eigenvalue weighted by Gasteiger charge is 2.38. The van der Waals surface area contributed by atoms with Crippen LogP contribution in [-0.4, -0.2) is 97.6 Å². The minimum absolute atomic E-state index is 0.0227. The Morgan fingerprint density at radius 2 is 1.98 bits per heavy atom. The Bertz CT molecular complexity index is 1660.